The van der Waals surface area contributed by atoms with Gasteiger partial charge in [-0.15, -0.1) is 0 Å². The summed E-state index contributed by atoms with van der Waals surface area (Å²) in [6, 6.07) is 10.7. The number of unbranched alkanes of at least 4 members (excludes halogenated alkanes) is 2. The number of aliphatic hydroxyl groups excluding tert-OH is 1. The topological polar surface area (TPSA) is 105 Å². The second kappa shape index (κ2) is 10.9. The van der Waals surface area contributed by atoms with Gasteiger partial charge in [-0.05, 0) is 70.1 Å². The number of ether oxygens (including phenoxy) is 1. The van der Waals surface area contributed by atoms with Gasteiger partial charge in [0.15, 0.2) is 5.82 Å². The number of rotatable bonds is 12. The van der Waals surface area contributed by atoms with E-state index in [9.17, 15) is 14.0 Å². The van der Waals surface area contributed by atoms with E-state index in [1.54, 1.807) is 13.0 Å². The quantitative estimate of drug-likeness (QED) is 0.309. The third-order valence-corrected chi connectivity index (χ3v) is 7.16. The van der Waals surface area contributed by atoms with Crippen molar-refractivity contribution in [2.75, 3.05) is 18.5 Å². The zero-order valence-corrected chi connectivity index (χ0v) is 21.5. The van der Waals surface area contributed by atoms with E-state index in [1.165, 1.54) is 23.0 Å². The lowest BCUT2D eigenvalue weighted by atomic mass is 10.0. The molecule has 200 valence electrons. The first-order valence-electron chi connectivity index (χ1n) is 13.2. The molecule has 2 aromatic carbocycles. The predicted octanol–water partition coefficient (Wildman–Crippen LogP) is 4.21. The fraction of sp³-hybridized carbons (Fsp3) is 0.414. The van der Waals surface area contributed by atoms with Crippen LogP contribution in [-0.2, 0) is 5.54 Å². The van der Waals surface area contributed by atoms with Crippen molar-refractivity contribution in [2.45, 2.75) is 63.5 Å². The van der Waals surface area contributed by atoms with Crippen molar-refractivity contribution in [3.63, 3.8) is 0 Å². The highest BCUT2D eigenvalue weighted by molar-refractivity contribution is 5.95. The normalized spacial score (nSPS) is 15.7. The van der Waals surface area contributed by atoms with Gasteiger partial charge in [-0.3, -0.25) is 14.2 Å². The Kier molecular flexibility index (Phi) is 7.46. The summed E-state index contributed by atoms with van der Waals surface area (Å²) in [5.74, 6) is 0.00356. The Labute approximate surface area is 220 Å². The van der Waals surface area contributed by atoms with E-state index in [4.69, 9.17) is 9.84 Å². The van der Waals surface area contributed by atoms with Crippen LogP contribution in [0.3, 0.4) is 0 Å². The van der Waals surface area contributed by atoms with Crippen LogP contribution in [0.1, 0.15) is 66.4 Å². The molecule has 2 aliphatic carbocycles. The number of hydrogen-bond acceptors (Lipinski definition) is 6. The van der Waals surface area contributed by atoms with Crippen LogP contribution in [0.15, 0.2) is 53.6 Å². The third-order valence-electron chi connectivity index (χ3n) is 7.16. The molecule has 8 nitrogen and oxygen atoms in total. The maximum Gasteiger partial charge on any atom is 0.297 e. The molecule has 9 heteroatoms. The average molecular weight is 521 g/mol. The van der Waals surface area contributed by atoms with Gasteiger partial charge in [0.1, 0.15) is 11.6 Å². The minimum atomic E-state index is -0.551. The summed E-state index contributed by atoms with van der Waals surface area (Å²) in [5, 5.41) is 15.2. The molecule has 3 aromatic rings. The Bertz CT molecular complexity index is 1380. The molecular weight excluding hydrogens is 487 g/mol. The van der Waals surface area contributed by atoms with Gasteiger partial charge in [0.25, 0.3) is 11.5 Å². The van der Waals surface area contributed by atoms with Crippen LogP contribution in [0.5, 0.6) is 5.75 Å². The molecular formula is C29H33FN4O4. The number of carbonyl (C=O) groups excluding carboxylic acids is 1. The summed E-state index contributed by atoms with van der Waals surface area (Å²) < 4.78 is 22.2. The maximum atomic E-state index is 14.8. The number of amides is 1. The maximum absolute atomic E-state index is 14.8. The largest absolute Gasteiger partial charge is 0.493 e. The number of carbonyl (C=O) groups is 1. The fourth-order valence-corrected chi connectivity index (χ4v) is 4.60. The highest BCUT2D eigenvalue weighted by atomic mass is 19.1. The molecule has 1 heterocycles. The van der Waals surface area contributed by atoms with Crippen molar-refractivity contribution >= 4 is 11.7 Å². The summed E-state index contributed by atoms with van der Waals surface area (Å²) in [7, 11) is 0. The molecule has 2 fully saturated rings. The third kappa shape index (κ3) is 5.57. The standard InChI is InChI=1S/C29H33FN4O4/c1-19-23(30)17-20(27(36)32-21-9-10-21)18-24(19)34-14-13-31-26(28(34)37)33-29(11-12-29)22-7-3-4-8-25(22)38-16-6-2-5-15-35/h3-4,7-8,13-14,17-18,21,35H,2,5-6,9-12,15-16H2,1H3,(H,31,33)(H,32,36). The van der Waals surface area contributed by atoms with Crippen molar-refractivity contribution in [2.24, 2.45) is 0 Å². The number of aromatic nitrogens is 2. The van der Waals surface area contributed by atoms with Gasteiger partial charge in [-0.25, -0.2) is 9.37 Å². The Morgan fingerprint density at radius 3 is 2.74 bits per heavy atom. The van der Waals surface area contributed by atoms with E-state index >= 15 is 0 Å². The van der Waals surface area contributed by atoms with E-state index < -0.39 is 16.9 Å². The molecule has 2 saturated carbocycles. The first kappa shape index (κ1) is 25.9. The number of aliphatic hydroxyl groups is 1. The van der Waals surface area contributed by atoms with E-state index in [2.05, 4.69) is 15.6 Å². The van der Waals surface area contributed by atoms with Crippen molar-refractivity contribution in [3.8, 4) is 11.4 Å². The number of nitrogens with zero attached hydrogens (tertiary/aromatic N) is 2. The van der Waals surface area contributed by atoms with Gasteiger partial charge >= 0.3 is 0 Å². The molecule has 2 aliphatic rings. The van der Waals surface area contributed by atoms with Crippen LogP contribution in [-0.4, -0.2) is 39.8 Å². The number of halogens is 1. The first-order valence-corrected chi connectivity index (χ1v) is 13.2. The van der Waals surface area contributed by atoms with Gasteiger partial charge in [0.2, 0.25) is 0 Å². The molecule has 0 atom stereocenters. The lowest BCUT2D eigenvalue weighted by molar-refractivity contribution is 0.0950. The van der Waals surface area contributed by atoms with Crippen molar-refractivity contribution in [1.29, 1.82) is 0 Å². The van der Waals surface area contributed by atoms with E-state index in [-0.39, 0.29) is 35.5 Å². The number of para-hydroxylation sites is 1. The summed E-state index contributed by atoms with van der Waals surface area (Å²) in [6.07, 6.45) is 8.92. The van der Waals surface area contributed by atoms with Gasteiger partial charge in [-0.1, -0.05) is 18.2 Å². The predicted molar refractivity (Wildman–Crippen MR) is 142 cm³/mol. The van der Waals surface area contributed by atoms with Crippen molar-refractivity contribution < 1.29 is 19.0 Å². The zero-order chi connectivity index (χ0) is 26.7. The number of hydrogen-bond donors (Lipinski definition) is 3. The van der Waals surface area contributed by atoms with Crippen molar-refractivity contribution in [3.05, 3.63) is 81.7 Å². The van der Waals surface area contributed by atoms with Crippen LogP contribution < -0.4 is 20.9 Å². The number of nitrogens with one attached hydrogen (secondary N) is 2. The average Bonchev–Trinajstić information content (AvgIpc) is 3.85. The number of anilines is 1. The molecule has 0 saturated heterocycles. The first-order chi connectivity index (χ1) is 18.4. The lowest BCUT2D eigenvalue weighted by Gasteiger charge is -2.22. The Hall–Kier alpha value is -3.72. The fourth-order valence-electron chi connectivity index (χ4n) is 4.60. The smallest absolute Gasteiger partial charge is 0.297 e. The van der Waals surface area contributed by atoms with Crippen LogP contribution in [0.25, 0.3) is 5.69 Å². The molecule has 38 heavy (non-hydrogen) atoms. The molecule has 0 spiro atoms. The second-order valence-electron chi connectivity index (χ2n) is 10.1. The highest BCUT2D eigenvalue weighted by Crippen LogP contribution is 2.50. The van der Waals surface area contributed by atoms with Crippen LogP contribution >= 0.6 is 0 Å². The summed E-state index contributed by atoms with van der Waals surface area (Å²) in [6.45, 7) is 2.30. The van der Waals surface area contributed by atoms with Gasteiger partial charge < -0.3 is 20.5 Å². The van der Waals surface area contributed by atoms with Gasteiger partial charge in [0, 0.05) is 41.7 Å². The molecule has 0 radical (unpaired) electrons. The Morgan fingerprint density at radius 2 is 2.00 bits per heavy atom. The molecule has 0 bridgehead atoms. The van der Waals surface area contributed by atoms with E-state index in [0.717, 1.165) is 56.3 Å². The number of benzene rings is 2. The molecule has 1 aromatic heterocycles. The molecule has 3 N–H and O–H groups in total. The molecule has 1 amide bonds. The second-order valence-corrected chi connectivity index (χ2v) is 10.1. The highest BCUT2D eigenvalue weighted by Gasteiger charge is 2.47. The Morgan fingerprint density at radius 1 is 1.21 bits per heavy atom. The van der Waals surface area contributed by atoms with E-state index in [1.807, 2.05) is 24.3 Å². The van der Waals surface area contributed by atoms with Gasteiger partial charge in [0.05, 0.1) is 17.8 Å². The Balaban J connectivity index is 1.40. The zero-order valence-electron chi connectivity index (χ0n) is 21.5. The SMILES string of the molecule is Cc1c(F)cc(C(=O)NC2CC2)cc1-n1ccnc(NC2(c3ccccc3OCCCCCO)CC2)c1=O. The minimum Gasteiger partial charge on any atom is -0.493 e. The van der Waals surface area contributed by atoms with Crippen LogP contribution in [0.2, 0.25) is 0 Å². The van der Waals surface area contributed by atoms with E-state index in [0.29, 0.717) is 12.3 Å². The minimum absolute atomic E-state index is 0.136. The molecule has 0 unspecified atom stereocenters. The van der Waals surface area contributed by atoms with Crippen LogP contribution in [0, 0.1) is 12.7 Å². The monoisotopic (exact) mass is 520 g/mol. The molecule has 0 aliphatic heterocycles. The summed E-state index contributed by atoms with van der Waals surface area (Å²) in [5.41, 5.74) is 0.797. The van der Waals surface area contributed by atoms with Crippen molar-refractivity contribution in [1.82, 2.24) is 14.9 Å². The summed E-state index contributed by atoms with van der Waals surface area (Å²) in [4.78, 5) is 30.5. The lowest BCUT2D eigenvalue weighted by Crippen LogP contribution is -2.30. The van der Waals surface area contributed by atoms with Gasteiger partial charge in [-0.2, -0.15) is 0 Å². The molecule has 5 rings (SSSR count). The van der Waals surface area contributed by atoms with Crippen LogP contribution in [0.4, 0.5) is 10.2 Å². The summed E-state index contributed by atoms with van der Waals surface area (Å²) >= 11 is 0.